The Labute approximate surface area is 66.8 Å². The monoisotopic (exact) mass is 154 g/mol. The van der Waals surface area contributed by atoms with Gasteiger partial charge in [0.15, 0.2) is 0 Å². The van der Waals surface area contributed by atoms with Gasteiger partial charge in [-0.1, -0.05) is 0 Å². The molecule has 0 saturated carbocycles. The molecule has 0 spiro atoms. The molecular weight excluding hydrogens is 140 g/mol. The molecule has 0 aromatic heterocycles. The van der Waals surface area contributed by atoms with E-state index < -0.39 is 0 Å². The van der Waals surface area contributed by atoms with E-state index in [1.807, 2.05) is 0 Å². The molecular formula is C8H14N2O. The summed E-state index contributed by atoms with van der Waals surface area (Å²) in [5.74, 6) is 0.223. The van der Waals surface area contributed by atoms with Crippen LogP contribution in [0.3, 0.4) is 0 Å². The quantitative estimate of drug-likeness (QED) is 0.575. The summed E-state index contributed by atoms with van der Waals surface area (Å²) >= 11 is 0. The molecule has 0 aliphatic carbocycles. The van der Waals surface area contributed by atoms with Crippen LogP contribution in [0.15, 0.2) is 0 Å². The highest BCUT2D eigenvalue weighted by Crippen LogP contribution is 2.30. The van der Waals surface area contributed by atoms with Crippen LogP contribution < -0.4 is 5.32 Å². The molecule has 2 unspecified atom stereocenters. The highest BCUT2D eigenvalue weighted by molar-refractivity contribution is 5.84. The minimum atomic E-state index is 0.189. The Morgan fingerprint density at radius 3 is 2.73 bits per heavy atom. The smallest absolute Gasteiger partial charge is 0.237 e. The highest BCUT2D eigenvalue weighted by Gasteiger charge is 2.47. The Morgan fingerprint density at radius 2 is 2.36 bits per heavy atom. The lowest BCUT2D eigenvalue weighted by Crippen LogP contribution is -2.71. The summed E-state index contributed by atoms with van der Waals surface area (Å²) in [6.07, 6.45) is 1.07. The fraction of sp³-hybridized carbons (Fsp3) is 0.875. The van der Waals surface area contributed by atoms with Crippen LogP contribution in [0.4, 0.5) is 0 Å². The van der Waals surface area contributed by atoms with E-state index >= 15 is 0 Å². The first-order chi connectivity index (χ1) is 5.20. The van der Waals surface area contributed by atoms with Crippen LogP contribution in [0.5, 0.6) is 0 Å². The first kappa shape index (κ1) is 7.10. The molecule has 1 amide bonds. The number of amides is 1. The molecule has 3 heteroatoms. The molecule has 3 heterocycles. The molecule has 0 radical (unpaired) electrons. The van der Waals surface area contributed by atoms with Crippen LogP contribution in [0.2, 0.25) is 0 Å². The Bertz CT molecular complexity index is 189. The van der Waals surface area contributed by atoms with Crippen LogP contribution in [0.25, 0.3) is 0 Å². The van der Waals surface area contributed by atoms with Crippen molar-refractivity contribution in [2.24, 2.45) is 0 Å². The normalized spacial score (nSPS) is 36.8. The first-order valence-electron chi connectivity index (χ1n) is 4.25. The molecule has 2 bridgehead atoms. The van der Waals surface area contributed by atoms with E-state index in [1.165, 1.54) is 0 Å². The zero-order chi connectivity index (χ0) is 8.01. The molecule has 0 aromatic carbocycles. The summed E-state index contributed by atoms with van der Waals surface area (Å²) in [6.45, 7) is 5.16. The van der Waals surface area contributed by atoms with Crippen molar-refractivity contribution in [2.45, 2.75) is 38.4 Å². The van der Waals surface area contributed by atoms with Crippen molar-refractivity contribution < 1.29 is 4.79 Å². The van der Waals surface area contributed by atoms with Gasteiger partial charge in [0.25, 0.3) is 0 Å². The van der Waals surface area contributed by atoms with Crippen LogP contribution in [0.1, 0.15) is 20.3 Å². The lowest BCUT2D eigenvalue weighted by atomic mass is 9.86. The molecule has 3 aliphatic rings. The number of fused-ring (bicyclic) bond motifs is 2. The van der Waals surface area contributed by atoms with Crippen molar-refractivity contribution >= 4 is 5.91 Å². The predicted octanol–water partition coefficient (Wildman–Crippen LogP) is -0.0325. The number of hydrogen-bond acceptors (Lipinski definition) is 2. The number of carbonyl (C=O) groups excluding carboxylic acids is 1. The van der Waals surface area contributed by atoms with Crippen LogP contribution in [-0.4, -0.2) is 35.5 Å². The number of nitrogens with zero attached hydrogens (tertiary/aromatic N) is 1. The maximum atomic E-state index is 11.2. The molecule has 3 nitrogen and oxygen atoms in total. The third kappa shape index (κ3) is 0.872. The predicted molar refractivity (Wildman–Crippen MR) is 42.2 cm³/mol. The number of rotatable bonds is 1. The molecule has 0 aromatic rings. The Balaban J connectivity index is 2.09. The molecule has 11 heavy (non-hydrogen) atoms. The van der Waals surface area contributed by atoms with Crippen molar-refractivity contribution in [1.29, 1.82) is 0 Å². The van der Waals surface area contributed by atoms with Gasteiger partial charge in [-0.25, -0.2) is 0 Å². The SMILES string of the molecule is CC(C)N1C2CNC(=O)C1C2. The second-order valence-electron chi connectivity index (χ2n) is 3.69. The van der Waals surface area contributed by atoms with Crippen molar-refractivity contribution in [3.05, 3.63) is 0 Å². The average molecular weight is 154 g/mol. The van der Waals surface area contributed by atoms with E-state index in [0.29, 0.717) is 12.1 Å². The Hall–Kier alpha value is -0.570. The number of piperazine rings is 1. The minimum Gasteiger partial charge on any atom is -0.353 e. The van der Waals surface area contributed by atoms with Crippen LogP contribution in [0, 0.1) is 0 Å². The van der Waals surface area contributed by atoms with E-state index in [2.05, 4.69) is 24.1 Å². The Morgan fingerprint density at radius 1 is 1.64 bits per heavy atom. The average Bonchev–Trinajstić information content (AvgIpc) is 1.84. The largest absolute Gasteiger partial charge is 0.353 e. The maximum absolute atomic E-state index is 11.2. The molecule has 3 aliphatic heterocycles. The molecule has 62 valence electrons. The van der Waals surface area contributed by atoms with Gasteiger partial charge in [-0.2, -0.15) is 0 Å². The van der Waals surface area contributed by atoms with Gasteiger partial charge in [-0.3, -0.25) is 9.69 Å². The van der Waals surface area contributed by atoms with E-state index in [1.54, 1.807) is 0 Å². The summed E-state index contributed by atoms with van der Waals surface area (Å²) < 4.78 is 0. The van der Waals surface area contributed by atoms with Crippen LogP contribution >= 0.6 is 0 Å². The zero-order valence-electron chi connectivity index (χ0n) is 7.00. The molecule has 1 N–H and O–H groups in total. The van der Waals surface area contributed by atoms with Gasteiger partial charge in [0.1, 0.15) is 0 Å². The summed E-state index contributed by atoms with van der Waals surface area (Å²) in [6, 6.07) is 1.33. The fourth-order valence-electron chi connectivity index (χ4n) is 2.17. The topological polar surface area (TPSA) is 32.3 Å². The molecule has 3 saturated heterocycles. The second kappa shape index (κ2) is 2.21. The zero-order valence-corrected chi connectivity index (χ0v) is 7.00. The third-order valence-electron chi connectivity index (χ3n) is 2.69. The van der Waals surface area contributed by atoms with Gasteiger partial charge in [0.05, 0.1) is 6.04 Å². The van der Waals surface area contributed by atoms with Gasteiger partial charge < -0.3 is 5.32 Å². The summed E-state index contributed by atoms with van der Waals surface area (Å²) in [4.78, 5) is 13.5. The van der Waals surface area contributed by atoms with Crippen molar-refractivity contribution in [3.8, 4) is 0 Å². The fourth-order valence-corrected chi connectivity index (χ4v) is 2.17. The summed E-state index contributed by atoms with van der Waals surface area (Å²) in [7, 11) is 0. The number of hydrogen-bond donors (Lipinski definition) is 1. The molecule has 2 atom stereocenters. The first-order valence-corrected chi connectivity index (χ1v) is 4.25. The van der Waals surface area contributed by atoms with Gasteiger partial charge in [-0.15, -0.1) is 0 Å². The van der Waals surface area contributed by atoms with E-state index in [0.717, 1.165) is 13.0 Å². The van der Waals surface area contributed by atoms with Gasteiger partial charge >= 0.3 is 0 Å². The van der Waals surface area contributed by atoms with E-state index in [4.69, 9.17) is 0 Å². The van der Waals surface area contributed by atoms with Gasteiger partial charge in [0, 0.05) is 18.6 Å². The third-order valence-corrected chi connectivity index (χ3v) is 2.69. The second-order valence-corrected chi connectivity index (χ2v) is 3.69. The summed E-state index contributed by atoms with van der Waals surface area (Å²) in [5.41, 5.74) is 0. The van der Waals surface area contributed by atoms with E-state index in [9.17, 15) is 4.79 Å². The highest BCUT2D eigenvalue weighted by atomic mass is 16.2. The summed E-state index contributed by atoms with van der Waals surface area (Å²) in [5, 5.41) is 2.89. The number of carbonyl (C=O) groups is 1. The number of piperidine rings is 1. The molecule has 3 fully saturated rings. The maximum Gasteiger partial charge on any atom is 0.237 e. The van der Waals surface area contributed by atoms with Gasteiger partial charge in [-0.05, 0) is 20.3 Å². The van der Waals surface area contributed by atoms with E-state index in [-0.39, 0.29) is 11.9 Å². The van der Waals surface area contributed by atoms with Crippen LogP contribution in [-0.2, 0) is 4.79 Å². The molecule has 3 rings (SSSR count). The minimum absolute atomic E-state index is 0.189. The number of nitrogens with one attached hydrogen (secondary N) is 1. The lowest BCUT2D eigenvalue weighted by molar-refractivity contribution is -0.145. The van der Waals surface area contributed by atoms with Crippen molar-refractivity contribution in [1.82, 2.24) is 10.2 Å². The van der Waals surface area contributed by atoms with Crippen molar-refractivity contribution in [3.63, 3.8) is 0 Å². The lowest BCUT2D eigenvalue weighted by Gasteiger charge is -2.53. The van der Waals surface area contributed by atoms with Crippen molar-refractivity contribution in [2.75, 3.05) is 6.54 Å². The standard InChI is InChI=1S/C8H14N2O/c1-5(2)10-6-3-7(10)8(11)9-4-6/h5-7H,3-4H2,1-2H3,(H,9,11). The Kier molecular flexibility index (Phi) is 1.42. The van der Waals surface area contributed by atoms with Gasteiger partial charge in [0.2, 0.25) is 5.91 Å².